The van der Waals surface area contributed by atoms with E-state index in [0.29, 0.717) is 0 Å². The van der Waals surface area contributed by atoms with Gasteiger partial charge in [0.25, 0.3) is 0 Å². The minimum absolute atomic E-state index is 0.164. The Morgan fingerprint density at radius 2 is 2.06 bits per heavy atom. The summed E-state index contributed by atoms with van der Waals surface area (Å²) in [5.41, 5.74) is 2.37. The Balaban J connectivity index is 1.93. The molecular weight excluding hydrogens is 250 g/mol. The predicted molar refractivity (Wildman–Crippen MR) is 71.8 cm³/mol. The van der Waals surface area contributed by atoms with Crippen LogP contribution in [0, 0.1) is 12.8 Å². The fraction of sp³-hybridized carbons (Fsp3) is 0.500. The quantitative estimate of drug-likeness (QED) is 0.915. The highest BCUT2D eigenvalue weighted by molar-refractivity contribution is 6.30. The molecule has 18 heavy (non-hydrogen) atoms. The van der Waals surface area contributed by atoms with Gasteiger partial charge in [-0.15, -0.1) is 0 Å². The maximum atomic E-state index is 10.9. The van der Waals surface area contributed by atoms with Crippen LogP contribution < -0.4 is 0 Å². The van der Waals surface area contributed by atoms with Gasteiger partial charge in [0.15, 0.2) is 0 Å². The van der Waals surface area contributed by atoms with Crippen LogP contribution in [0.4, 0.5) is 0 Å². The van der Waals surface area contributed by atoms with Crippen LogP contribution in [-0.2, 0) is 11.3 Å². The van der Waals surface area contributed by atoms with Crippen LogP contribution in [0.2, 0.25) is 5.02 Å². The molecule has 0 aliphatic carbocycles. The Morgan fingerprint density at radius 1 is 1.39 bits per heavy atom. The van der Waals surface area contributed by atoms with Crippen molar-refractivity contribution in [2.75, 3.05) is 13.1 Å². The van der Waals surface area contributed by atoms with E-state index in [4.69, 9.17) is 16.7 Å². The van der Waals surface area contributed by atoms with Gasteiger partial charge in [0.2, 0.25) is 0 Å². The normalized spacial score (nSPS) is 17.9. The first kappa shape index (κ1) is 13.4. The molecule has 3 nitrogen and oxygen atoms in total. The molecule has 98 valence electrons. The average Bonchev–Trinajstić information content (AvgIpc) is 2.28. The van der Waals surface area contributed by atoms with Gasteiger partial charge in [0.05, 0.1) is 5.92 Å². The summed E-state index contributed by atoms with van der Waals surface area (Å²) in [4.78, 5) is 13.2. The number of benzene rings is 1. The van der Waals surface area contributed by atoms with Crippen molar-refractivity contribution in [3.8, 4) is 0 Å². The number of piperidine rings is 1. The number of nitrogens with zero attached hydrogens (tertiary/aromatic N) is 1. The molecule has 0 spiro atoms. The zero-order valence-electron chi connectivity index (χ0n) is 10.5. The number of carbonyl (C=O) groups is 1. The van der Waals surface area contributed by atoms with Gasteiger partial charge in [0, 0.05) is 11.6 Å². The van der Waals surface area contributed by atoms with Gasteiger partial charge >= 0.3 is 5.97 Å². The number of hydrogen-bond donors (Lipinski definition) is 1. The van der Waals surface area contributed by atoms with E-state index in [2.05, 4.69) is 11.0 Å². The average molecular weight is 268 g/mol. The van der Waals surface area contributed by atoms with Crippen LogP contribution >= 0.6 is 11.6 Å². The number of hydrogen-bond acceptors (Lipinski definition) is 2. The number of aliphatic carboxylic acids is 1. The predicted octanol–water partition coefficient (Wildman–Crippen LogP) is 2.95. The molecule has 0 aromatic heterocycles. The summed E-state index contributed by atoms with van der Waals surface area (Å²) in [6, 6.07) is 6.06. The van der Waals surface area contributed by atoms with Gasteiger partial charge in [-0.1, -0.05) is 17.7 Å². The molecule has 0 unspecified atom stereocenters. The second kappa shape index (κ2) is 5.72. The van der Waals surface area contributed by atoms with Crippen molar-refractivity contribution in [1.82, 2.24) is 4.90 Å². The van der Waals surface area contributed by atoms with Crippen LogP contribution in [0.3, 0.4) is 0 Å². The molecule has 0 atom stereocenters. The number of rotatable bonds is 3. The molecule has 1 aromatic carbocycles. The van der Waals surface area contributed by atoms with Crippen molar-refractivity contribution in [1.29, 1.82) is 0 Å². The highest BCUT2D eigenvalue weighted by Crippen LogP contribution is 2.21. The van der Waals surface area contributed by atoms with Gasteiger partial charge in [-0.05, 0) is 56.1 Å². The number of aryl methyl sites for hydroxylation is 1. The van der Waals surface area contributed by atoms with E-state index in [1.54, 1.807) is 0 Å². The fourth-order valence-electron chi connectivity index (χ4n) is 2.50. The summed E-state index contributed by atoms with van der Waals surface area (Å²) in [5, 5.41) is 9.72. The summed E-state index contributed by atoms with van der Waals surface area (Å²) >= 11 is 6.04. The van der Waals surface area contributed by atoms with Gasteiger partial charge in [0.1, 0.15) is 0 Å². The molecule has 1 saturated heterocycles. The van der Waals surface area contributed by atoms with Crippen molar-refractivity contribution in [3.63, 3.8) is 0 Å². The van der Waals surface area contributed by atoms with E-state index in [1.165, 1.54) is 5.56 Å². The molecule has 1 heterocycles. The minimum Gasteiger partial charge on any atom is -0.481 e. The van der Waals surface area contributed by atoms with Crippen molar-refractivity contribution in [3.05, 3.63) is 34.3 Å². The summed E-state index contributed by atoms with van der Waals surface area (Å²) < 4.78 is 0. The van der Waals surface area contributed by atoms with Crippen molar-refractivity contribution >= 4 is 17.6 Å². The molecule has 4 heteroatoms. The lowest BCUT2D eigenvalue weighted by molar-refractivity contribution is -0.143. The third-order valence-electron chi connectivity index (χ3n) is 3.44. The van der Waals surface area contributed by atoms with Gasteiger partial charge in [-0.3, -0.25) is 9.69 Å². The molecule has 0 radical (unpaired) electrons. The fourth-order valence-corrected chi connectivity index (χ4v) is 2.81. The van der Waals surface area contributed by atoms with E-state index < -0.39 is 5.97 Å². The van der Waals surface area contributed by atoms with E-state index in [9.17, 15) is 4.79 Å². The van der Waals surface area contributed by atoms with E-state index in [1.807, 2.05) is 19.1 Å². The number of carboxylic acids is 1. The van der Waals surface area contributed by atoms with Crippen molar-refractivity contribution in [2.24, 2.45) is 5.92 Å². The summed E-state index contributed by atoms with van der Waals surface area (Å²) in [7, 11) is 0. The molecule has 1 aliphatic heterocycles. The Bertz CT molecular complexity index is 419. The van der Waals surface area contributed by atoms with Crippen LogP contribution in [0.15, 0.2) is 18.2 Å². The molecule has 1 aromatic rings. The molecule has 0 bridgehead atoms. The molecule has 0 amide bonds. The first-order valence-corrected chi connectivity index (χ1v) is 6.63. The van der Waals surface area contributed by atoms with Gasteiger partial charge in [-0.2, -0.15) is 0 Å². The lowest BCUT2D eigenvalue weighted by Gasteiger charge is -2.30. The second-order valence-corrected chi connectivity index (χ2v) is 5.46. The minimum atomic E-state index is -0.659. The Kier molecular flexibility index (Phi) is 4.25. The lowest BCUT2D eigenvalue weighted by atomic mass is 9.97. The zero-order valence-corrected chi connectivity index (χ0v) is 11.3. The van der Waals surface area contributed by atoms with Gasteiger partial charge in [-0.25, -0.2) is 0 Å². The highest BCUT2D eigenvalue weighted by atomic mass is 35.5. The molecule has 2 rings (SSSR count). The van der Waals surface area contributed by atoms with Crippen LogP contribution in [0.5, 0.6) is 0 Å². The maximum absolute atomic E-state index is 10.9. The van der Waals surface area contributed by atoms with Crippen LogP contribution in [0.25, 0.3) is 0 Å². The number of carboxylic acid groups (broad SMARTS) is 1. The maximum Gasteiger partial charge on any atom is 0.306 e. The highest BCUT2D eigenvalue weighted by Gasteiger charge is 2.24. The monoisotopic (exact) mass is 267 g/mol. The Morgan fingerprint density at radius 3 is 2.61 bits per heavy atom. The van der Waals surface area contributed by atoms with E-state index >= 15 is 0 Å². The zero-order chi connectivity index (χ0) is 13.1. The molecule has 1 N–H and O–H groups in total. The largest absolute Gasteiger partial charge is 0.481 e. The third-order valence-corrected chi connectivity index (χ3v) is 3.66. The van der Waals surface area contributed by atoms with Crippen molar-refractivity contribution < 1.29 is 9.90 Å². The second-order valence-electron chi connectivity index (χ2n) is 5.03. The van der Waals surface area contributed by atoms with Gasteiger partial charge < -0.3 is 5.11 Å². The smallest absolute Gasteiger partial charge is 0.306 e. The van der Waals surface area contributed by atoms with Crippen molar-refractivity contribution in [2.45, 2.75) is 26.3 Å². The molecule has 1 fully saturated rings. The Labute approximate surface area is 112 Å². The summed E-state index contributed by atoms with van der Waals surface area (Å²) in [5.74, 6) is -0.824. The third kappa shape index (κ3) is 3.47. The first-order valence-electron chi connectivity index (χ1n) is 6.26. The first-order chi connectivity index (χ1) is 8.54. The SMILES string of the molecule is Cc1cc(Cl)cc(CN2CCC(C(=O)O)CC2)c1. The molecule has 0 saturated carbocycles. The summed E-state index contributed by atoms with van der Waals surface area (Å²) in [6.45, 7) is 4.59. The Hall–Kier alpha value is -1.06. The molecule has 1 aliphatic rings. The van der Waals surface area contributed by atoms with Crippen LogP contribution in [0.1, 0.15) is 24.0 Å². The standard InChI is InChI=1S/C14H18ClNO2/c1-10-6-11(8-13(15)7-10)9-16-4-2-12(3-5-16)14(17)18/h6-8,12H,2-5,9H2,1H3,(H,17,18). The summed E-state index contributed by atoms with van der Waals surface area (Å²) in [6.07, 6.45) is 1.49. The number of likely N-dealkylation sites (tertiary alicyclic amines) is 1. The lowest BCUT2D eigenvalue weighted by Crippen LogP contribution is -2.35. The van der Waals surface area contributed by atoms with E-state index in [-0.39, 0.29) is 5.92 Å². The topological polar surface area (TPSA) is 40.5 Å². The van der Waals surface area contributed by atoms with Crippen LogP contribution in [-0.4, -0.2) is 29.1 Å². The van der Waals surface area contributed by atoms with E-state index in [0.717, 1.165) is 43.1 Å². The number of halogens is 1. The molecular formula is C14H18ClNO2.